The molecule has 0 N–H and O–H groups in total. The molecule has 10 heavy (non-hydrogen) atoms. The molecule has 0 aliphatic carbocycles. The van der Waals surface area contributed by atoms with E-state index in [1.165, 1.54) is 0 Å². The van der Waals surface area contributed by atoms with Crippen molar-refractivity contribution in [3.05, 3.63) is 12.7 Å². The minimum atomic E-state index is -4.13. The monoisotopic (exact) mass is 172 g/mol. The van der Waals surface area contributed by atoms with Crippen LogP contribution in [-0.4, -0.2) is 18.2 Å². The summed E-state index contributed by atoms with van der Waals surface area (Å²) in [5.74, 6) is 0. The summed E-state index contributed by atoms with van der Waals surface area (Å²) in [5, 5.41) is -0.919. The Hall–Kier alpha value is 0.650. The Morgan fingerprint density at radius 1 is 1.70 bits per heavy atom. The van der Waals surface area contributed by atoms with E-state index in [4.69, 9.17) is 0 Å². The first-order chi connectivity index (χ1) is 4.02. The molecule has 0 aromatic heterocycles. The molecular formula is C5H9NaO3S. The van der Waals surface area contributed by atoms with E-state index in [9.17, 15) is 13.0 Å². The zero-order valence-electron chi connectivity index (χ0n) is 6.20. The van der Waals surface area contributed by atoms with E-state index in [1.54, 1.807) is 6.92 Å². The summed E-state index contributed by atoms with van der Waals surface area (Å²) >= 11 is 0. The van der Waals surface area contributed by atoms with Crippen LogP contribution >= 0.6 is 0 Å². The van der Waals surface area contributed by atoms with Crippen LogP contribution in [-0.2, 0) is 10.1 Å². The van der Waals surface area contributed by atoms with E-state index in [2.05, 4.69) is 6.58 Å². The molecule has 0 aliphatic rings. The fourth-order valence-electron chi connectivity index (χ4n) is 0.489. The first-order valence-corrected chi connectivity index (χ1v) is 4.06. The van der Waals surface area contributed by atoms with Crippen molar-refractivity contribution in [3.63, 3.8) is 0 Å². The van der Waals surface area contributed by atoms with Gasteiger partial charge in [-0.15, -0.1) is 6.58 Å². The van der Waals surface area contributed by atoms with Gasteiger partial charge in [-0.1, -0.05) is 13.0 Å². The molecule has 0 fully saturated rings. The van der Waals surface area contributed by atoms with E-state index < -0.39 is 15.4 Å². The van der Waals surface area contributed by atoms with Crippen LogP contribution in [0.5, 0.6) is 0 Å². The van der Waals surface area contributed by atoms with Gasteiger partial charge in [0.1, 0.15) is 10.1 Å². The summed E-state index contributed by atoms with van der Waals surface area (Å²) in [6.45, 7) is 4.85. The van der Waals surface area contributed by atoms with Crippen LogP contribution in [0.4, 0.5) is 0 Å². The second-order valence-corrected chi connectivity index (χ2v) is 3.27. The molecule has 0 aromatic carbocycles. The smallest absolute Gasteiger partial charge is 0.747 e. The summed E-state index contributed by atoms with van der Waals surface area (Å²) in [6.07, 6.45) is 1.46. The molecule has 0 saturated heterocycles. The third-order valence-corrected chi connectivity index (χ3v) is 2.30. The molecule has 0 rings (SSSR count). The molecule has 5 heteroatoms. The Balaban J connectivity index is 0. The molecule has 1 unspecified atom stereocenters. The SMILES string of the molecule is C=CC(CC)S(=O)(=O)[O-].[Na+]. The van der Waals surface area contributed by atoms with Crippen molar-refractivity contribution in [2.24, 2.45) is 0 Å². The van der Waals surface area contributed by atoms with Gasteiger partial charge in [0.05, 0.1) is 5.25 Å². The van der Waals surface area contributed by atoms with Gasteiger partial charge in [-0.3, -0.25) is 0 Å². The van der Waals surface area contributed by atoms with E-state index in [0.29, 0.717) is 6.42 Å². The average molecular weight is 172 g/mol. The topological polar surface area (TPSA) is 57.2 Å². The Labute approximate surface area is 83.6 Å². The molecule has 1 atom stereocenters. The maximum atomic E-state index is 10.2. The van der Waals surface area contributed by atoms with E-state index in [1.807, 2.05) is 0 Å². The summed E-state index contributed by atoms with van der Waals surface area (Å²) < 4.78 is 30.5. The normalized spacial score (nSPS) is 13.4. The van der Waals surface area contributed by atoms with Crippen LogP contribution < -0.4 is 29.6 Å². The van der Waals surface area contributed by atoms with Gasteiger partial charge in [0.2, 0.25) is 0 Å². The van der Waals surface area contributed by atoms with Crippen LogP contribution in [0.25, 0.3) is 0 Å². The molecule has 0 aliphatic heterocycles. The second kappa shape index (κ2) is 5.32. The van der Waals surface area contributed by atoms with E-state index in [0.717, 1.165) is 6.08 Å². The van der Waals surface area contributed by atoms with E-state index in [-0.39, 0.29) is 29.6 Å². The third-order valence-electron chi connectivity index (χ3n) is 1.04. The molecular weight excluding hydrogens is 163 g/mol. The van der Waals surface area contributed by atoms with Crippen molar-refractivity contribution in [2.75, 3.05) is 0 Å². The van der Waals surface area contributed by atoms with Crippen LogP contribution in [0, 0.1) is 0 Å². The molecule has 0 saturated carbocycles. The fraction of sp³-hybridized carbons (Fsp3) is 0.600. The number of hydrogen-bond acceptors (Lipinski definition) is 3. The molecule has 0 bridgehead atoms. The summed E-state index contributed by atoms with van der Waals surface area (Å²) in [5.41, 5.74) is 0. The largest absolute Gasteiger partial charge is 1.00 e. The predicted molar refractivity (Wildman–Crippen MR) is 34.0 cm³/mol. The standard InChI is InChI=1S/C5H10O3S.Na/c1-3-5(4-2)9(6,7)8;/h3,5H,1,4H2,2H3,(H,6,7,8);/q;+1/p-1. The van der Waals surface area contributed by atoms with Crippen LogP contribution in [0.3, 0.4) is 0 Å². The molecule has 3 nitrogen and oxygen atoms in total. The van der Waals surface area contributed by atoms with Gasteiger partial charge in [0.15, 0.2) is 0 Å². The average Bonchev–Trinajstić information content (AvgIpc) is 1.65. The van der Waals surface area contributed by atoms with Gasteiger partial charge in [0.25, 0.3) is 0 Å². The summed E-state index contributed by atoms with van der Waals surface area (Å²) in [4.78, 5) is 0. The van der Waals surface area contributed by atoms with E-state index >= 15 is 0 Å². The first kappa shape index (κ1) is 13.3. The van der Waals surface area contributed by atoms with Crippen LogP contribution in [0.2, 0.25) is 0 Å². The van der Waals surface area contributed by atoms with Gasteiger partial charge in [-0.05, 0) is 6.42 Å². The van der Waals surface area contributed by atoms with Gasteiger partial charge in [-0.2, -0.15) is 0 Å². The zero-order chi connectivity index (χ0) is 7.49. The van der Waals surface area contributed by atoms with Crippen LogP contribution in [0.1, 0.15) is 13.3 Å². The molecule has 0 radical (unpaired) electrons. The van der Waals surface area contributed by atoms with Gasteiger partial charge in [0, 0.05) is 0 Å². The van der Waals surface area contributed by atoms with Crippen molar-refractivity contribution in [3.8, 4) is 0 Å². The number of rotatable bonds is 3. The maximum absolute atomic E-state index is 10.2. The summed E-state index contributed by atoms with van der Waals surface area (Å²) in [6, 6.07) is 0. The Morgan fingerprint density at radius 2 is 2.10 bits per heavy atom. The van der Waals surface area contributed by atoms with Crippen LogP contribution in [0.15, 0.2) is 12.7 Å². The maximum Gasteiger partial charge on any atom is 1.00 e. The van der Waals surface area contributed by atoms with Crippen molar-refractivity contribution < 1.29 is 42.5 Å². The molecule has 54 valence electrons. The predicted octanol–water partition coefficient (Wildman–Crippen LogP) is -2.50. The second-order valence-electron chi connectivity index (χ2n) is 1.68. The van der Waals surface area contributed by atoms with Crippen molar-refractivity contribution in [2.45, 2.75) is 18.6 Å². The van der Waals surface area contributed by atoms with Gasteiger partial charge >= 0.3 is 29.6 Å². The van der Waals surface area contributed by atoms with Crippen molar-refractivity contribution in [1.82, 2.24) is 0 Å². The molecule has 0 aromatic rings. The van der Waals surface area contributed by atoms with Gasteiger partial charge in [-0.25, -0.2) is 8.42 Å². The summed E-state index contributed by atoms with van der Waals surface area (Å²) in [7, 11) is -4.13. The molecule has 0 heterocycles. The Morgan fingerprint density at radius 3 is 2.10 bits per heavy atom. The molecule has 0 spiro atoms. The van der Waals surface area contributed by atoms with Crippen molar-refractivity contribution in [1.29, 1.82) is 0 Å². The zero-order valence-corrected chi connectivity index (χ0v) is 9.02. The number of hydrogen-bond donors (Lipinski definition) is 0. The third kappa shape index (κ3) is 4.46. The molecule has 0 amide bonds. The quantitative estimate of drug-likeness (QED) is 0.268. The first-order valence-electron chi connectivity index (χ1n) is 2.59. The fourth-order valence-corrected chi connectivity index (χ4v) is 1.13. The van der Waals surface area contributed by atoms with Gasteiger partial charge < -0.3 is 4.55 Å². The van der Waals surface area contributed by atoms with Crippen molar-refractivity contribution >= 4 is 10.1 Å². The minimum Gasteiger partial charge on any atom is -0.747 e. The minimum absolute atomic E-state index is 0. The Kier molecular flexibility index (Phi) is 7.05. The Bertz CT molecular complexity index is 185.